The van der Waals surface area contributed by atoms with Crippen molar-refractivity contribution >= 4 is 22.4 Å². The summed E-state index contributed by atoms with van der Waals surface area (Å²) in [5.74, 6) is 4.89. The molecule has 0 saturated carbocycles. The molecule has 2 aromatic carbocycles. The smallest absolute Gasteiger partial charge is 0.235 e. The summed E-state index contributed by atoms with van der Waals surface area (Å²) in [6.07, 6.45) is 0.351. The molecule has 2 aromatic rings. The van der Waals surface area contributed by atoms with Gasteiger partial charge in [-0.05, 0) is 29.8 Å². The summed E-state index contributed by atoms with van der Waals surface area (Å²) in [6.45, 7) is 1.95. The van der Waals surface area contributed by atoms with Crippen molar-refractivity contribution in [1.82, 2.24) is 5.43 Å². The molecule has 1 amide bonds. The number of hydrazine groups is 1. The van der Waals surface area contributed by atoms with Gasteiger partial charge < -0.3 is 5.32 Å². The number of hydrogen-bond acceptors (Lipinski definition) is 3. The van der Waals surface area contributed by atoms with Crippen molar-refractivity contribution in [3.05, 3.63) is 42.5 Å². The first-order valence-electron chi connectivity index (χ1n) is 5.94. The fourth-order valence-corrected chi connectivity index (χ4v) is 1.95. The molecule has 0 aliphatic rings. The van der Waals surface area contributed by atoms with Gasteiger partial charge in [0.1, 0.15) is 0 Å². The maximum absolute atomic E-state index is 11.1. The lowest BCUT2D eigenvalue weighted by Crippen LogP contribution is -2.34. The second-order valence-electron chi connectivity index (χ2n) is 4.38. The Morgan fingerprint density at radius 3 is 2.67 bits per heavy atom. The summed E-state index contributed by atoms with van der Waals surface area (Å²) >= 11 is 0. The van der Waals surface area contributed by atoms with Crippen molar-refractivity contribution in [3.63, 3.8) is 0 Å². The van der Waals surface area contributed by atoms with E-state index >= 15 is 0 Å². The van der Waals surface area contributed by atoms with Gasteiger partial charge in [-0.2, -0.15) is 0 Å². The Kier molecular flexibility index (Phi) is 3.79. The normalized spacial score (nSPS) is 12.1. The van der Waals surface area contributed by atoms with Crippen molar-refractivity contribution in [2.45, 2.75) is 19.4 Å². The van der Waals surface area contributed by atoms with E-state index in [4.69, 9.17) is 5.84 Å². The third kappa shape index (κ3) is 2.99. The molecule has 0 fully saturated rings. The molecular weight excluding hydrogens is 226 g/mol. The molecule has 0 aliphatic heterocycles. The van der Waals surface area contributed by atoms with Gasteiger partial charge in [-0.1, -0.05) is 30.3 Å². The van der Waals surface area contributed by atoms with E-state index in [1.165, 1.54) is 10.8 Å². The summed E-state index contributed by atoms with van der Waals surface area (Å²) in [7, 11) is 0. The van der Waals surface area contributed by atoms with Gasteiger partial charge in [0.25, 0.3) is 0 Å². The van der Waals surface area contributed by atoms with Crippen LogP contribution in [0.2, 0.25) is 0 Å². The number of anilines is 1. The van der Waals surface area contributed by atoms with E-state index in [2.05, 4.69) is 35.0 Å². The minimum Gasteiger partial charge on any atom is -0.382 e. The van der Waals surface area contributed by atoms with Crippen LogP contribution in [0.5, 0.6) is 0 Å². The molecule has 0 aliphatic carbocycles. The first-order valence-corrected chi connectivity index (χ1v) is 5.94. The van der Waals surface area contributed by atoms with E-state index in [-0.39, 0.29) is 11.9 Å². The minimum atomic E-state index is -0.171. The number of hydrogen-bond donors (Lipinski definition) is 3. The lowest BCUT2D eigenvalue weighted by Gasteiger charge is -2.14. The maximum Gasteiger partial charge on any atom is 0.235 e. The Bertz CT molecular complexity index is 553. The molecule has 94 valence electrons. The topological polar surface area (TPSA) is 67.2 Å². The SMILES string of the molecule is C[C@@H](CC(=O)NN)Nc1ccc2ccccc2c1. The van der Waals surface area contributed by atoms with Crippen LogP contribution in [0.3, 0.4) is 0 Å². The van der Waals surface area contributed by atoms with E-state index in [0.717, 1.165) is 5.69 Å². The van der Waals surface area contributed by atoms with E-state index < -0.39 is 0 Å². The van der Waals surface area contributed by atoms with Crippen molar-refractivity contribution in [2.75, 3.05) is 5.32 Å². The lowest BCUT2D eigenvalue weighted by atomic mass is 10.1. The van der Waals surface area contributed by atoms with E-state index in [0.29, 0.717) is 6.42 Å². The molecule has 0 saturated heterocycles. The number of carbonyl (C=O) groups excluding carboxylic acids is 1. The van der Waals surface area contributed by atoms with Crippen LogP contribution in [-0.2, 0) is 4.79 Å². The zero-order valence-electron chi connectivity index (χ0n) is 10.3. The zero-order chi connectivity index (χ0) is 13.0. The molecule has 0 spiro atoms. The summed E-state index contributed by atoms with van der Waals surface area (Å²) in [5.41, 5.74) is 3.14. The monoisotopic (exact) mass is 243 g/mol. The highest BCUT2D eigenvalue weighted by molar-refractivity contribution is 5.85. The van der Waals surface area contributed by atoms with Crippen molar-refractivity contribution < 1.29 is 4.79 Å². The molecule has 4 heteroatoms. The van der Waals surface area contributed by atoms with Crippen LogP contribution < -0.4 is 16.6 Å². The number of amides is 1. The summed E-state index contributed by atoms with van der Waals surface area (Å²) in [5, 5.41) is 5.67. The van der Waals surface area contributed by atoms with Gasteiger partial charge in [-0.15, -0.1) is 0 Å². The third-order valence-electron chi connectivity index (χ3n) is 2.82. The summed E-state index contributed by atoms with van der Waals surface area (Å²) < 4.78 is 0. The van der Waals surface area contributed by atoms with Crippen molar-refractivity contribution in [2.24, 2.45) is 5.84 Å². The van der Waals surface area contributed by atoms with Crippen LogP contribution in [0.25, 0.3) is 10.8 Å². The predicted octanol–water partition coefficient (Wildman–Crippen LogP) is 2.02. The number of rotatable bonds is 4. The molecule has 1 atom stereocenters. The molecule has 18 heavy (non-hydrogen) atoms. The Morgan fingerprint density at radius 2 is 1.94 bits per heavy atom. The van der Waals surface area contributed by atoms with Crippen LogP contribution in [0.1, 0.15) is 13.3 Å². The van der Waals surface area contributed by atoms with Gasteiger partial charge in [0.05, 0.1) is 0 Å². The van der Waals surface area contributed by atoms with E-state index in [1.807, 2.05) is 25.1 Å². The molecule has 0 heterocycles. The highest BCUT2D eigenvalue weighted by Crippen LogP contribution is 2.19. The molecule has 4 N–H and O–H groups in total. The summed E-state index contributed by atoms with van der Waals surface area (Å²) in [4.78, 5) is 11.1. The van der Waals surface area contributed by atoms with Crippen LogP contribution in [0, 0.1) is 0 Å². The quantitative estimate of drug-likeness (QED) is 0.437. The van der Waals surface area contributed by atoms with Crippen molar-refractivity contribution in [3.8, 4) is 0 Å². The van der Waals surface area contributed by atoms with Gasteiger partial charge in [-0.25, -0.2) is 5.84 Å². The van der Waals surface area contributed by atoms with Gasteiger partial charge in [0.15, 0.2) is 0 Å². The largest absolute Gasteiger partial charge is 0.382 e. The average molecular weight is 243 g/mol. The van der Waals surface area contributed by atoms with Gasteiger partial charge >= 0.3 is 0 Å². The molecular formula is C14H17N3O. The van der Waals surface area contributed by atoms with Gasteiger partial charge in [0, 0.05) is 18.2 Å². The average Bonchev–Trinajstić information content (AvgIpc) is 2.38. The Hall–Kier alpha value is -2.07. The van der Waals surface area contributed by atoms with Crippen molar-refractivity contribution in [1.29, 1.82) is 0 Å². The number of carbonyl (C=O) groups is 1. The highest BCUT2D eigenvalue weighted by Gasteiger charge is 2.07. The molecule has 0 unspecified atom stereocenters. The first kappa shape index (κ1) is 12.4. The summed E-state index contributed by atoms with van der Waals surface area (Å²) in [6, 6.07) is 14.4. The lowest BCUT2D eigenvalue weighted by molar-refractivity contribution is -0.121. The van der Waals surface area contributed by atoms with Crippen LogP contribution in [-0.4, -0.2) is 11.9 Å². The van der Waals surface area contributed by atoms with E-state index in [9.17, 15) is 4.79 Å². The fraction of sp³-hybridized carbons (Fsp3) is 0.214. The third-order valence-corrected chi connectivity index (χ3v) is 2.82. The first-order chi connectivity index (χ1) is 8.69. The second kappa shape index (κ2) is 5.51. The van der Waals surface area contributed by atoms with Crippen LogP contribution in [0.15, 0.2) is 42.5 Å². The van der Waals surface area contributed by atoms with Gasteiger partial charge in [-0.3, -0.25) is 10.2 Å². The second-order valence-corrected chi connectivity index (χ2v) is 4.38. The highest BCUT2D eigenvalue weighted by atomic mass is 16.2. The maximum atomic E-state index is 11.1. The van der Waals surface area contributed by atoms with E-state index in [1.54, 1.807) is 0 Å². The number of nitrogens with one attached hydrogen (secondary N) is 2. The molecule has 4 nitrogen and oxygen atoms in total. The number of fused-ring (bicyclic) bond motifs is 1. The minimum absolute atomic E-state index is 0.0368. The van der Waals surface area contributed by atoms with Crippen LogP contribution >= 0.6 is 0 Å². The number of benzene rings is 2. The fourth-order valence-electron chi connectivity index (χ4n) is 1.95. The predicted molar refractivity (Wildman–Crippen MR) is 74.0 cm³/mol. The molecule has 2 rings (SSSR count). The molecule has 0 radical (unpaired) electrons. The number of nitrogens with two attached hydrogens (primary N) is 1. The Morgan fingerprint density at radius 1 is 1.22 bits per heavy atom. The Balaban J connectivity index is 2.09. The zero-order valence-corrected chi connectivity index (χ0v) is 10.3. The van der Waals surface area contributed by atoms with Gasteiger partial charge in [0.2, 0.25) is 5.91 Å². The molecule has 0 bridgehead atoms. The molecule has 0 aromatic heterocycles. The van der Waals surface area contributed by atoms with Crippen LogP contribution in [0.4, 0.5) is 5.69 Å². The Labute approximate surface area is 106 Å². The standard InChI is InChI=1S/C14H17N3O/c1-10(8-14(18)17-15)16-13-7-6-11-4-2-3-5-12(11)9-13/h2-7,9-10,16H,8,15H2,1H3,(H,17,18)/t10-/m0/s1.